The van der Waals surface area contributed by atoms with Crippen molar-refractivity contribution in [3.63, 3.8) is 0 Å². The molecule has 1 amide bonds. The summed E-state index contributed by atoms with van der Waals surface area (Å²) in [5, 5.41) is 12.0. The molecule has 0 saturated carbocycles. The Morgan fingerprint density at radius 1 is 1.12 bits per heavy atom. The summed E-state index contributed by atoms with van der Waals surface area (Å²) in [6.07, 6.45) is 0.0620. The molecule has 5 heteroatoms. The van der Waals surface area contributed by atoms with E-state index in [2.05, 4.69) is 5.32 Å². The Balaban J connectivity index is 1.61. The van der Waals surface area contributed by atoms with Crippen molar-refractivity contribution >= 4 is 11.9 Å². The number of carboxylic acid groups (broad SMARTS) is 1. The van der Waals surface area contributed by atoms with Crippen molar-refractivity contribution in [2.75, 3.05) is 0 Å². The van der Waals surface area contributed by atoms with E-state index in [0.717, 1.165) is 16.7 Å². The van der Waals surface area contributed by atoms with Gasteiger partial charge in [-0.25, -0.2) is 4.79 Å². The van der Waals surface area contributed by atoms with Gasteiger partial charge in [0.05, 0.1) is 19.1 Å². The molecule has 2 aromatic carbocycles. The summed E-state index contributed by atoms with van der Waals surface area (Å²) in [7, 11) is 0. The molecule has 0 bridgehead atoms. The number of carbonyl (C=O) groups is 2. The highest BCUT2D eigenvalue weighted by Gasteiger charge is 2.27. The number of aliphatic carboxylic acids is 1. The van der Waals surface area contributed by atoms with Crippen LogP contribution in [-0.2, 0) is 27.4 Å². The summed E-state index contributed by atoms with van der Waals surface area (Å²) < 4.78 is 5.65. The number of carbonyl (C=O) groups excluding carboxylic acids is 1. The van der Waals surface area contributed by atoms with Gasteiger partial charge in [-0.3, -0.25) is 4.79 Å². The first-order chi connectivity index (χ1) is 11.6. The standard InChI is InChI=1S/C19H19NO4/c21-18(11-17-15-9-5-4-8-14(15)12-24-17)20-16(19(22)23)10-13-6-2-1-3-7-13/h1-9,16-17H,10-12H2,(H,20,21)(H,22,23)/t16-,17?/m1/s1. The molecule has 0 aromatic heterocycles. The molecule has 5 nitrogen and oxygen atoms in total. The summed E-state index contributed by atoms with van der Waals surface area (Å²) >= 11 is 0. The smallest absolute Gasteiger partial charge is 0.326 e. The minimum atomic E-state index is -1.04. The Kier molecular flexibility index (Phi) is 4.91. The highest BCUT2D eigenvalue weighted by molar-refractivity contribution is 5.84. The highest BCUT2D eigenvalue weighted by Crippen LogP contribution is 2.32. The average Bonchev–Trinajstić information content (AvgIpc) is 2.98. The Morgan fingerprint density at radius 2 is 1.83 bits per heavy atom. The van der Waals surface area contributed by atoms with Crippen LogP contribution < -0.4 is 5.32 Å². The van der Waals surface area contributed by atoms with Crippen LogP contribution in [0, 0.1) is 0 Å². The molecule has 0 fully saturated rings. The summed E-state index contributed by atoms with van der Waals surface area (Å²) in [5.74, 6) is -1.36. The Hall–Kier alpha value is -2.66. The van der Waals surface area contributed by atoms with Crippen molar-refractivity contribution in [3.05, 3.63) is 71.3 Å². The second kappa shape index (κ2) is 7.27. The van der Waals surface area contributed by atoms with Crippen molar-refractivity contribution in [1.29, 1.82) is 0 Å². The number of hydrogen-bond donors (Lipinski definition) is 2. The van der Waals surface area contributed by atoms with Gasteiger partial charge in [-0.1, -0.05) is 54.6 Å². The summed E-state index contributed by atoms with van der Waals surface area (Å²) in [6, 6.07) is 16.1. The second-order valence-electron chi connectivity index (χ2n) is 5.85. The number of carboxylic acids is 1. The van der Waals surface area contributed by atoms with Crippen molar-refractivity contribution in [3.8, 4) is 0 Å². The van der Waals surface area contributed by atoms with E-state index in [9.17, 15) is 14.7 Å². The summed E-state index contributed by atoms with van der Waals surface area (Å²) in [6.45, 7) is 0.487. The molecular formula is C19H19NO4. The van der Waals surface area contributed by atoms with E-state index in [-0.39, 0.29) is 24.9 Å². The third kappa shape index (κ3) is 3.81. The molecule has 2 aromatic rings. The number of nitrogens with one attached hydrogen (secondary N) is 1. The monoisotopic (exact) mass is 325 g/mol. The average molecular weight is 325 g/mol. The number of fused-ring (bicyclic) bond motifs is 1. The SMILES string of the molecule is O=C(CC1OCc2ccccc21)N[C@H](Cc1ccccc1)C(=O)O. The normalized spacial score (nSPS) is 17.1. The number of rotatable bonds is 6. The molecule has 2 atom stereocenters. The minimum Gasteiger partial charge on any atom is -0.480 e. The molecule has 24 heavy (non-hydrogen) atoms. The zero-order valence-corrected chi connectivity index (χ0v) is 13.1. The van der Waals surface area contributed by atoms with Gasteiger partial charge in [0.25, 0.3) is 0 Å². The maximum atomic E-state index is 12.3. The topological polar surface area (TPSA) is 75.6 Å². The fraction of sp³-hybridized carbons (Fsp3) is 0.263. The summed E-state index contributed by atoms with van der Waals surface area (Å²) in [5.41, 5.74) is 2.95. The van der Waals surface area contributed by atoms with Crippen LogP contribution in [0.5, 0.6) is 0 Å². The van der Waals surface area contributed by atoms with E-state index in [0.29, 0.717) is 6.61 Å². The molecular weight excluding hydrogens is 306 g/mol. The quantitative estimate of drug-likeness (QED) is 0.855. The van der Waals surface area contributed by atoms with E-state index in [1.807, 2.05) is 54.6 Å². The van der Waals surface area contributed by atoms with Crippen molar-refractivity contribution in [2.24, 2.45) is 0 Å². The fourth-order valence-corrected chi connectivity index (χ4v) is 2.90. The summed E-state index contributed by atoms with van der Waals surface area (Å²) in [4.78, 5) is 23.7. The molecule has 0 radical (unpaired) electrons. The van der Waals surface area contributed by atoms with E-state index in [4.69, 9.17) is 4.74 Å². The van der Waals surface area contributed by atoms with Crippen molar-refractivity contribution < 1.29 is 19.4 Å². The van der Waals surface area contributed by atoms with Crippen LogP contribution >= 0.6 is 0 Å². The molecule has 1 aliphatic heterocycles. The van der Waals surface area contributed by atoms with E-state index in [1.54, 1.807) is 0 Å². The van der Waals surface area contributed by atoms with Crippen LogP contribution in [0.3, 0.4) is 0 Å². The zero-order valence-electron chi connectivity index (χ0n) is 13.1. The second-order valence-corrected chi connectivity index (χ2v) is 5.85. The fourth-order valence-electron chi connectivity index (χ4n) is 2.90. The third-order valence-electron chi connectivity index (χ3n) is 4.13. The molecule has 1 aliphatic rings. The van der Waals surface area contributed by atoms with Gasteiger partial charge in [0.15, 0.2) is 0 Å². The van der Waals surface area contributed by atoms with Crippen molar-refractivity contribution in [1.82, 2.24) is 5.32 Å². The largest absolute Gasteiger partial charge is 0.480 e. The molecule has 124 valence electrons. The number of benzene rings is 2. The van der Waals surface area contributed by atoms with Crippen LogP contribution in [0.15, 0.2) is 54.6 Å². The van der Waals surface area contributed by atoms with Crippen LogP contribution in [0.1, 0.15) is 29.2 Å². The first-order valence-corrected chi connectivity index (χ1v) is 7.89. The third-order valence-corrected chi connectivity index (χ3v) is 4.13. The van der Waals surface area contributed by atoms with Gasteiger partial charge >= 0.3 is 5.97 Å². The maximum Gasteiger partial charge on any atom is 0.326 e. The number of ether oxygens (including phenoxy) is 1. The lowest BCUT2D eigenvalue weighted by atomic mass is 10.0. The predicted molar refractivity (Wildman–Crippen MR) is 88.3 cm³/mol. The van der Waals surface area contributed by atoms with Crippen LogP contribution in [0.4, 0.5) is 0 Å². The maximum absolute atomic E-state index is 12.3. The van der Waals surface area contributed by atoms with Gasteiger partial charge in [-0.15, -0.1) is 0 Å². The van der Waals surface area contributed by atoms with E-state index in [1.165, 1.54) is 0 Å². The van der Waals surface area contributed by atoms with Crippen LogP contribution in [-0.4, -0.2) is 23.0 Å². The highest BCUT2D eigenvalue weighted by atomic mass is 16.5. The predicted octanol–water partition coefficient (Wildman–Crippen LogP) is 2.46. The lowest BCUT2D eigenvalue weighted by Crippen LogP contribution is -2.42. The van der Waals surface area contributed by atoms with E-state index < -0.39 is 12.0 Å². The van der Waals surface area contributed by atoms with Gasteiger partial charge in [-0.2, -0.15) is 0 Å². The van der Waals surface area contributed by atoms with Gasteiger partial charge in [-0.05, 0) is 16.7 Å². The zero-order chi connectivity index (χ0) is 16.9. The van der Waals surface area contributed by atoms with E-state index >= 15 is 0 Å². The Morgan fingerprint density at radius 3 is 2.58 bits per heavy atom. The minimum absolute atomic E-state index is 0.121. The number of hydrogen-bond acceptors (Lipinski definition) is 3. The first-order valence-electron chi connectivity index (χ1n) is 7.89. The number of amides is 1. The molecule has 1 unspecified atom stereocenters. The Labute approximate surface area is 140 Å². The first kappa shape index (κ1) is 16.2. The molecule has 0 aliphatic carbocycles. The lowest BCUT2D eigenvalue weighted by molar-refractivity contribution is -0.142. The molecule has 3 rings (SSSR count). The molecule has 0 spiro atoms. The molecule has 0 saturated heterocycles. The van der Waals surface area contributed by atoms with Gasteiger partial charge in [0.1, 0.15) is 6.04 Å². The van der Waals surface area contributed by atoms with Crippen LogP contribution in [0.25, 0.3) is 0 Å². The molecule has 2 N–H and O–H groups in total. The van der Waals surface area contributed by atoms with Gasteiger partial charge in [0.2, 0.25) is 5.91 Å². The van der Waals surface area contributed by atoms with Crippen LogP contribution in [0.2, 0.25) is 0 Å². The van der Waals surface area contributed by atoms with Crippen molar-refractivity contribution in [2.45, 2.75) is 31.6 Å². The lowest BCUT2D eigenvalue weighted by Gasteiger charge is -2.17. The Bertz CT molecular complexity index is 729. The van der Waals surface area contributed by atoms with Gasteiger partial charge < -0.3 is 15.2 Å². The molecule has 1 heterocycles. The van der Waals surface area contributed by atoms with Gasteiger partial charge in [0, 0.05) is 6.42 Å².